The lowest BCUT2D eigenvalue weighted by molar-refractivity contribution is 0.721. The van der Waals surface area contributed by atoms with Crippen molar-refractivity contribution >= 4 is 27.7 Å². The molecule has 2 aromatic rings. The quantitative estimate of drug-likeness (QED) is 0.851. The van der Waals surface area contributed by atoms with Crippen molar-refractivity contribution in [2.45, 2.75) is 24.0 Å². The zero-order chi connectivity index (χ0) is 13.7. The number of nitrogens with two attached hydrogens (primary N) is 1. The number of thioether (sulfide) groups is 1. The van der Waals surface area contributed by atoms with Gasteiger partial charge in [-0.2, -0.15) is 0 Å². The third-order valence-electron chi connectivity index (χ3n) is 2.95. The van der Waals surface area contributed by atoms with Gasteiger partial charge >= 0.3 is 0 Å². The molecule has 0 radical (unpaired) electrons. The minimum Gasteiger partial charge on any atom is -0.327 e. The van der Waals surface area contributed by atoms with Crippen LogP contribution >= 0.6 is 27.7 Å². The van der Waals surface area contributed by atoms with Gasteiger partial charge < -0.3 is 5.73 Å². The average molecular weight is 336 g/mol. The third-order valence-corrected chi connectivity index (χ3v) is 5.04. The van der Waals surface area contributed by atoms with E-state index in [2.05, 4.69) is 71.4 Å². The van der Waals surface area contributed by atoms with Crippen molar-refractivity contribution in [1.29, 1.82) is 0 Å². The van der Waals surface area contributed by atoms with E-state index in [-0.39, 0.29) is 6.04 Å². The molecule has 0 aliphatic heterocycles. The van der Waals surface area contributed by atoms with Crippen LogP contribution < -0.4 is 5.73 Å². The molecule has 2 rings (SSSR count). The van der Waals surface area contributed by atoms with Crippen molar-refractivity contribution in [3.8, 4) is 0 Å². The molecular weight excluding hydrogens is 318 g/mol. The second-order valence-electron chi connectivity index (χ2n) is 4.63. The maximum atomic E-state index is 6.14. The van der Waals surface area contributed by atoms with Crippen molar-refractivity contribution in [3.05, 3.63) is 70.2 Å². The Bertz CT molecular complexity index is 496. The average Bonchev–Trinajstić information content (AvgIpc) is 2.42. The first-order valence-corrected chi connectivity index (χ1v) is 8.17. The van der Waals surface area contributed by atoms with E-state index in [0.717, 1.165) is 10.2 Å². The summed E-state index contributed by atoms with van der Waals surface area (Å²) < 4.78 is 1.10. The fourth-order valence-corrected chi connectivity index (χ4v) is 3.45. The molecule has 0 amide bonds. The molecule has 0 saturated carbocycles. The highest BCUT2D eigenvalue weighted by atomic mass is 79.9. The molecule has 100 valence electrons. The van der Waals surface area contributed by atoms with Gasteiger partial charge in [-0.1, -0.05) is 58.4 Å². The van der Waals surface area contributed by atoms with E-state index in [1.54, 1.807) is 0 Å². The van der Waals surface area contributed by atoms with Gasteiger partial charge in [0.2, 0.25) is 0 Å². The molecule has 1 nitrogen and oxygen atoms in total. The van der Waals surface area contributed by atoms with Crippen LogP contribution in [0.4, 0.5) is 0 Å². The second kappa shape index (κ2) is 7.13. The Kier molecular flexibility index (Phi) is 5.49. The van der Waals surface area contributed by atoms with Crippen LogP contribution in [0.25, 0.3) is 0 Å². The van der Waals surface area contributed by atoms with Gasteiger partial charge in [0.05, 0.1) is 0 Å². The summed E-state index contributed by atoms with van der Waals surface area (Å²) in [5.41, 5.74) is 8.77. The largest absolute Gasteiger partial charge is 0.327 e. The molecule has 0 aliphatic rings. The van der Waals surface area contributed by atoms with Crippen LogP contribution in [0.3, 0.4) is 0 Å². The van der Waals surface area contributed by atoms with E-state index in [4.69, 9.17) is 5.73 Å². The molecule has 0 spiro atoms. The molecule has 19 heavy (non-hydrogen) atoms. The van der Waals surface area contributed by atoms with Crippen LogP contribution in [0.5, 0.6) is 0 Å². The number of hydrogen-bond donors (Lipinski definition) is 1. The maximum Gasteiger partial charge on any atom is 0.0448 e. The summed E-state index contributed by atoms with van der Waals surface area (Å²) in [5.74, 6) is 0.989. The Morgan fingerprint density at radius 2 is 1.68 bits per heavy atom. The summed E-state index contributed by atoms with van der Waals surface area (Å²) in [5, 5.41) is 0.327. The van der Waals surface area contributed by atoms with Crippen LogP contribution in [0.15, 0.2) is 59.1 Å². The lowest BCUT2D eigenvalue weighted by atomic mass is 10.1. The van der Waals surface area contributed by atoms with E-state index in [0.29, 0.717) is 5.25 Å². The fraction of sp³-hybridized carbons (Fsp3) is 0.250. The van der Waals surface area contributed by atoms with E-state index in [1.807, 2.05) is 17.8 Å². The van der Waals surface area contributed by atoms with Crippen molar-refractivity contribution in [1.82, 2.24) is 0 Å². The normalized spacial score (nSPS) is 14.1. The van der Waals surface area contributed by atoms with Crippen LogP contribution in [-0.2, 0) is 5.75 Å². The van der Waals surface area contributed by atoms with Crippen molar-refractivity contribution in [2.75, 3.05) is 0 Å². The highest BCUT2D eigenvalue weighted by molar-refractivity contribution is 9.10. The minimum atomic E-state index is 0.134. The van der Waals surface area contributed by atoms with Gasteiger partial charge in [0.1, 0.15) is 0 Å². The molecule has 3 heteroatoms. The first-order chi connectivity index (χ1) is 9.16. The van der Waals surface area contributed by atoms with Crippen LogP contribution in [0, 0.1) is 0 Å². The van der Waals surface area contributed by atoms with Gasteiger partial charge in [-0.3, -0.25) is 0 Å². The first kappa shape index (κ1) is 14.6. The zero-order valence-electron chi connectivity index (χ0n) is 10.9. The summed E-state index contributed by atoms with van der Waals surface area (Å²) in [6.07, 6.45) is 0. The predicted octanol–water partition coefficient (Wildman–Crippen LogP) is 4.77. The molecule has 0 fully saturated rings. The van der Waals surface area contributed by atoms with Crippen LogP contribution in [0.1, 0.15) is 23.3 Å². The van der Waals surface area contributed by atoms with Crippen molar-refractivity contribution in [2.24, 2.45) is 5.73 Å². The molecule has 2 unspecified atom stereocenters. The Morgan fingerprint density at radius 1 is 1.05 bits per heavy atom. The molecule has 2 aromatic carbocycles. The summed E-state index contributed by atoms with van der Waals surface area (Å²) in [6.45, 7) is 2.07. The molecular formula is C16H18BrNS. The zero-order valence-corrected chi connectivity index (χ0v) is 13.3. The number of halogens is 1. The van der Waals surface area contributed by atoms with Gasteiger partial charge in [-0.05, 0) is 30.2 Å². The lowest BCUT2D eigenvalue weighted by Crippen LogP contribution is -2.22. The van der Waals surface area contributed by atoms with Crippen LogP contribution in [0.2, 0.25) is 0 Å². The van der Waals surface area contributed by atoms with Crippen molar-refractivity contribution < 1.29 is 0 Å². The SMILES string of the molecule is CC(N)C(SCc1ccccc1)c1ccc(Br)cc1. The topological polar surface area (TPSA) is 26.0 Å². The van der Waals surface area contributed by atoms with Gasteiger partial charge in [0.15, 0.2) is 0 Å². The third kappa shape index (κ3) is 4.37. The molecule has 0 aromatic heterocycles. The van der Waals surface area contributed by atoms with Gasteiger partial charge in [-0.15, -0.1) is 11.8 Å². The smallest absolute Gasteiger partial charge is 0.0448 e. The standard InChI is InChI=1S/C16H18BrNS/c1-12(18)16(14-7-9-15(17)10-8-14)19-11-13-5-3-2-4-6-13/h2-10,12,16H,11,18H2,1H3. The summed E-state index contributed by atoms with van der Waals surface area (Å²) in [6, 6.07) is 19.1. The minimum absolute atomic E-state index is 0.134. The number of benzene rings is 2. The molecule has 2 N–H and O–H groups in total. The van der Waals surface area contributed by atoms with E-state index in [1.165, 1.54) is 11.1 Å². The van der Waals surface area contributed by atoms with E-state index < -0.39 is 0 Å². The molecule has 0 bridgehead atoms. The number of hydrogen-bond acceptors (Lipinski definition) is 2. The highest BCUT2D eigenvalue weighted by Gasteiger charge is 2.16. The maximum absolute atomic E-state index is 6.14. The Labute approximate surface area is 127 Å². The summed E-state index contributed by atoms with van der Waals surface area (Å²) >= 11 is 5.37. The molecule has 0 heterocycles. The Balaban J connectivity index is 2.06. The molecule has 0 saturated heterocycles. The highest BCUT2D eigenvalue weighted by Crippen LogP contribution is 2.34. The molecule has 2 atom stereocenters. The monoisotopic (exact) mass is 335 g/mol. The Morgan fingerprint density at radius 3 is 2.26 bits per heavy atom. The van der Waals surface area contributed by atoms with Crippen molar-refractivity contribution in [3.63, 3.8) is 0 Å². The fourth-order valence-electron chi connectivity index (χ4n) is 1.96. The van der Waals surface area contributed by atoms with E-state index >= 15 is 0 Å². The van der Waals surface area contributed by atoms with Gasteiger partial charge in [0, 0.05) is 21.5 Å². The lowest BCUT2D eigenvalue weighted by Gasteiger charge is -2.21. The van der Waals surface area contributed by atoms with Gasteiger partial charge in [0.25, 0.3) is 0 Å². The van der Waals surface area contributed by atoms with Gasteiger partial charge in [-0.25, -0.2) is 0 Å². The summed E-state index contributed by atoms with van der Waals surface area (Å²) in [7, 11) is 0. The second-order valence-corrected chi connectivity index (χ2v) is 6.67. The predicted molar refractivity (Wildman–Crippen MR) is 88.3 cm³/mol. The van der Waals surface area contributed by atoms with Crippen LogP contribution in [-0.4, -0.2) is 6.04 Å². The van der Waals surface area contributed by atoms with E-state index in [9.17, 15) is 0 Å². The summed E-state index contributed by atoms with van der Waals surface area (Å²) in [4.78, 5) is 0. The number of rotatable bonds is 5. The Hall–Kier alpha value is -0.770. The molecule has 0 aliphatic carbocycles. The first-order valence-electron chi connectivity index (χ1n) is 6.33.